The number of aliphatic hydroxyl groups excluding tert-OH is 2. The molecule has 2 amide bonds. The topological polar surface area (TPSA) is 93.1 Å². The molecule has 33 heavy (non-hydrogen) atoms. The summed E-state index contributed by atoms with van der Waals surface area (Å²) in [5.74, 6) is -1.50. The highest BCUT2D eigenvalue weighted by Gasteiger charge is 2.35. The fraction of sp³-hybridized carbons (Fsp3) is 0.417. The van der Waals surface area contributed by atoms with Gasteiger partial charge < -0.3 is 25.3 Å². The highest BCUT2D eigenvalue weighted by Crippen LogP contribution is 2.30. The van der Waals surface area contributed by atoms with Crippen molar-refractivity contribution in [1.82, 2.24) is 10.2 Å². The van der Waals surface area contributed by atoms with Crippen molar-refractivity contribution in [2.45, 2.75) is 38.1 Å². The van der Waals surface area contributed by atoms with Gasteiger partial charge in [-0.15, -0.1) is 0 Å². The third kappa shape index (κ3) is 5.37. The standard InChI is InChI=1S/C24H27BrFN3O4/c25-19-11-18(26)5-6-20(19)28-9-7-15(8-10-28)12-27-23(32)21(30)22(31)24(33)29-13-16-3-1-2-4-17(16)14-29/h1-6,11,15,21-22,30-31H,7-10,12-14H2,(H,27,32). The van der Waals surface area contributed by atoms with Crippen LogP contribution in [0, 0.1) is 11.7 Å². The molecule has 0 radical (unpaired) electrons. The summed E-state index contributed by atoms with van der Waals surface area (Å²) in [4.78, 5) is 28.6. The number of amides is 2. The Labute approximate surface area is 200 Å². The van der Waals surface area contributed by atoms with E-state index in [0.29, 0.717) is 24.1 Å². The molecule has 2 atom stereocenters. The van der Waals surface area contributed by atoms with E-state index in [9.17, 15) is 24.2 Å². The lowest BCUT2D eigenvalue weighted by molar-refractivity contribution is -0.153. The Bertz CT molecular complexity index is 1000. The van der Waals surface area contributed by atoms with Gasteiger partial charge in [0, 0.05) is 37.2 Å². The maximum absolute atomic E-state index is 13.3. The van der Waals surface area contributed by atoms with Crippen molar-refractivity contribution in [2.24, 2.45) is 5.92 Å². The molecular weight excluding hydrogens is 493 g/mol. The number of halogens is 2. The Morgan fingerprint density at radius 2 is 1.70 bits per heavy atom. The number of rotatable bonds is 6. The lowest BCUT2D eigenvalue weighted by atomic mass is 9.96. The van der Waals surface area contributed by atoms with Gasteiger partial charge >= 0.3 is 0 Å². The molecule has 3 N–H and O–H groups in total. The molecule has 2 aliphatic rings. The molecular formula is C24H27BrFN3O4. The zero-order chi connectivity index (χ0) is 23.5. The summed E-state index contributed by atoms with van der Waals surface area (Å²) in [5.41, 5.74) is 2.92. The fourth-order valence-electron chi connectivity index (χ4n) is 4.42. The van der Waals surface area contributed by atoms with Gasteiger partial charge in [-0.25, -0.2) is 4.39 Å². The van der Waals surface area contributed by atoms with Gasteiger partial charge in [0.25, 0.3) is 11.8 Å². The highest BCUT2D eigenvalue weighted by atomic mass is 79.9. The van der Waals surface area contributed by atoms with Crippen molar-refractivity contribution >= 4 is 33.4 Å². The van der Waals surface area contributed by atoms with Crippen LogP contribution in [-0.2, 0) is 22.7 Å². The first-order valence-corrected chi connectivity index (χ1v) is 11.8. The van der Waals surface area contributed by atoms with Crippen LogP contribution in [0.4, 0.5) is 10.1 Å². The molecule has 1 saturated heterocycles. The van der Waals surface area contributed by atoms with E-state index >= 15 is 0 Å². The van der Waals surface area contributed by atoms with Gasteiger partial charge in [0.2, 0.25) is 0 Å². The Morgan fingerprint density at radius 3 is 2.30 bits per heavy atom. The van der Waals surface area contributed by atoms with Gasteiger partial charge in [-0.1, -0.05) is 24.3 Å². The molecule has 2 aliphatic heterocycles. The first-order chi connectivity index (χ1) is 15.8. The fourth-order valence-corrected chi connectivity index (χ4v) is 5.02. The van der Waals surface area contributed by atoms with Crippen molar-refractivity contribution in [1.29, 1.82) is 0 Å². The molecule has 0 aromatic heterocycles. The molecule has 0 bridgehead atoms. The number of nitrogens with one attached hydrogen (secondary N) is 1. The molecule has 0 spiro atoms. The number of hydrogen-bond donors (Lipinski definition) is 3. The molecule has 2 heterocycles. The number of fused-ring (bicyclic) bond motifs is 1. The van der Waals surface area contributed by atoms with E-state index in [4.69, 9.17) is 0 Å². The van der Waals surface area contributed by atoms with Crippen LogP contribution in [0.25, 0.3) is 0 Å². The van der Waals surface area contributed by atoms with E-state index in [0.717, 1.165) is 42.7 Å². The molecule has 0 saturated carbocycles. The lowest BCUT2D eigenvalue weighted by Crippen LogP contribution is -2.50. The summed E-state index contributed by atoms with van der Waals surface area (Å²) in [6, 6.07) is 12.2. The van der Waals surface area contributed by atoms with Crippen LogP contribution >= 0.6 is 15.9 Å². The van der Waals surface area contributed by atoms with Crippen molar-refractivity contribution < 1.29 is 24.2 Å². The molecule has 1 fully saturated rings. The van der Waals surface area contributed by atoms with Gasteiger partial charge in [-0.2, -0.15) is 0 Å². The van der Waals surface area contributed by atoms with E-state index in [2.05, 4.69) is 26.1 Å². The molecule has 9 heteroatoms. The maximum atomic E-state index is 13.3. The zero-order valence-electron chi connectivity index (χ0n) is 18.1. The summed E-state index contributed by atoms with van der Waals surface area (Å²) >= 11 is 3.40. The van der Waals surface area contributed by atoms with Crippen LogP contribution in [0.1, 0.15) is 24.0 Å². The normalized spacial score (nSPS) is 18.1. The maximum Gasteiger partial charge on any atom is 0.255 e. The smallest absolute Gasteiger partial charge is 0.255 e. The second-order valence-electron chi connectivity index (χ2n) is 8.62. The minimum Gasteiger partial charge on any atom is -0.380 e. The summed E-state index contributed by atoms with van der Waals surface area (Å²) < 4.78 is 14.0. The first kappa shape index (κ1) is 23.7. The number of anilines is 1. The van der Waals surface area contributed by atoms with E-state index in [-0.39, 0.29) is 11.7 Å². The second kappa shape index (κ2) is 10.2. The number of benzene rings is 2. The van der Waals surface area contributed by atoms with Gasteiger partial charge in [0.05, 0.1) is 5.69 Å². The van der Waals surface area contributed by atoms with E-state index < -0.39 is 24.0 Å². The van der Waals surface area contributed by atoms with Crippen LogP contribution < -0.4 is 10.2 Å². The highest BCUT2D eigenvalue weighted by molar-refractivity contribution is 9.10. The van der Waals surface area contributed by atoms with Gasteiger partial charge in [-0.05, 0) is 64.0 Å². The molecule has 2 aromatic rings. The van der Waals surface area contributed by atoms with Crippen molar-refractivity contribution in [3.05, 3.63) is 63.9 Å². The Balaban J connectivity index is 1.23. The third-order valence-electron chi connectivity index (χ3n) is 6.40. The molecule has 4 rings (SSSR count). The van der Waals surface area contributed by atoms with Gasteiger partial charge in [0.15, 0.2) is 12.2 Å². The largest absolute Gasteiger partial charge is 0.380 e. The van der Waals surface area contributed by atoms with Crippen LogP contribution in [0.5, 0.6) is 0 Å². The van der Waals surface area contributed by atoms with E-state index in [1.54, 1.807) is 6.07 Å². The predicted molar refractivity (Wildman–Crippen MR) is 125 cm³/mol. The molecule has 2 aromatic carbocycles. The van der Waals surface area contributed by atoms with Crippen LogP contribution in [-0.4, -0.2) is 58.8 Å². The molecule has 7 nitrogen and oxygen atoms in total. The second-order valence-corrected chi connectivity index (χ2v) is 9.48. The SMILES string of the molecule is O=C(NCC1CCN(c2ccc(F)cc2Br)CC1)C(O)C(O)C(=O)N1Cc2ccccc2C1. The van der Waals surface area contributed by atoms with Gasteiger partial charge in [-0.3, -0.25) is 9.59 Å². The zero-order valence-corrected chi connectivity index (χ0v) is 19.7. The number of carbonyl (C=O) groups is 2. The number of hydrogen-bond acceptors (Lipinski definition) is 5. The summed E-state index contributed by atoms with van der Waals surface area (Å²) in [7, 11) is 0. The minimum atomic E-state index is -1.82. The molecule has 176 valence electrons. The number of nitrogens with zero attached hydrogens (tertiary/aromatic N) is 2. The lowest BCUT2D eigenvalue weighted by Gasteiger charge is -2.34. The monoisotopic (exact) mass is 519 g/mol. The summed E-state index contributed by atoms with van der Waals surface area (Å²) in [5, 5.41) is 23.2. The van der Waals surface area contributed by atoms with E-state index in [1.165, 1.54) is 17.0 Å². The van der Waals surface area contributed by atoms with Crippen molar-refractivity contribution in [2.75, 3.05) is 24.5 Å². The predicted octanol–water partition coefficient (Wildman–Crippen LogP) is 2.18. The summed E-state index contributed by atoms with van der Waals surface area (Å²) in [6.45, 7) is 2.56. The average Bonchev–Trinajstić information content (AvgIpc) is 3.26. The summed E-state index contributed by atoms with van der Waals surface area (Å²) in [6.07, 6.45) is -2.00. The third-order valence-corrected chi connectivity index (χ3v) is 7.04. The van der Waals surface area contributed by atoms with Crippen LogP contribution in [0.2, 0.25) is 0 Å². The Morgan fingerprint density at radius 1 is 1.06 bits per heavy atom. The number of piperidine rings is 1. The van der Waals surface area contributed by atoms with E-state index in [1.807, 2.05) is 24.3 Å². The number of carbonyl (C=O) groups excluding carboxylic acids is 2. The van der Waals surface area contributed by atoms with Crippen LogP contribution in [0.15, 0.2) is 46.9 Å². The Hall–Kier alpha value is -2.49. The molecule has 0 aliphatic carbocycles. The molecule has 2 unspecified atom stereocenters. The number of aliphatic hydroxyl groups is 2. The average molecular weight is 520 g/mol. The van der Waals surface area contributed by atoms with Crippen molar-refractivity contribution in [3.63, 3.8) is 0 Å². The minimum absolute atomic E-state index is 0.206. The van der Waals surface area contributed by atoms with Crippen molar-refractivity contribution in [3.8, 4) is 0 Å². The van der Waals surface area contributed by atoms with Gasteiger partial charge in [0.1, 0.15) is 5.82 Å². The quantitative estimate of drug-likeness (QED) is 0.543. The Kier molecular flexibility index (Phi) is 7.31. The van der Waals surface area contributed by atoms with Crippen LogP contribution in [0.3, 0.4) is 0 Å². The first-order valence-electron chi connectivity index (χ1n) is 11.0.